The molecule has 0 radical (unpaired) electrons. The summed E-state index contributed by atoms with van der Waals surface area (Å²) < 4.78 is 0. The molecule has 0 aliphatic rings. The molecule has 0 spiro atoms. The molecule has 2 aromatic rings. The van der Waals surface area contributed by atoms with Crippen molar-refractivity contribution in [2.75, 3.05) is 0 Å². The van der Waals surface area contributed by atoms with Gasteiger partial charge in [0.05, 0.1) is 0 Å². The minimum atomic E-state index is 0.913. The number of allylic oxidation sites excluding steroid dienone is 1. The molecule has 0 nitrogen and oxygen atoms in total. The molecule has 0 saturated heterocycles. The van der Waals surface area contributed by atoms with Crippen LogP contribution in [-0.2, 0) is 12.8 Å². The predicted octanol–water partition coefficient (Wildman–Crippen LogP) is 11.9. The summed E-state index contributed by atoms with van der Waals surface area (Å²) in [5, 5.41) is 0. The Morgan fingerprint density at radius 3 is 1.35 bits per heavy atom. The first-order valence-corrected chi connectivity index (χ1v) is 16.0. The van der Waals surface area contributed by atoms with Crippen LogP contribution in [-0.4, -0.2) is 4.86 Å². The van der Waals surface area contributed by atoms with Crippen molar-refractivity contribution in [2.45, 2.75) is 136 Å². The van der Waals surface area contributed by atoms with E-state index >= 15 is 0 Å². The molecule has 0 bridgehead atoms. The topological polar surface area (TPSA) is 0 Å². The third-order valence-corrected chi connectivity index (χ3v) is 7.91. The number of unbranched alkanes of at least 4 members (excludes halogenated alkanes) is 15. The van der Waals surface area contributed by atoms with Crippen LogP contribution >= 0.6 is 12.2 Å². The van der Waals surface area contributed by atoms with Crippen LogP contribution in [0, 0.1) is 0 Å². The highest BCUT2D eigenvalue weighted by Crippen LogP contribution is 2.16. The quantitative estimate of drug-likeness (QED) is 0.0646. The third kappa shape index (κ3) is 15.3. The molecule has 2 rings (SSSR count). The molecule has 0 unspecified atom stereocenters. The Morgan fingerprint density at radius 1 is 0.514 bits per heavy atom. The van der Waals surface area contributed by atoms with E-state index in [4.69, 9.17) is 12.2 Å². The van der Waals surface area contributed by atoms with Crippen molar-refractivity contribution in [3.63, 3.8) is 0 Å². The van der Waals surface area contributed by atoms with Crippen LogP contribution < -0.4 is 0 Å². The van der Waals surface area contributed by atoms with Gasteiger partial charge in [-0.15, -0.1) is 0 Å². The lowest BCUT2D eigenvalue weighted by Crippen LogP contribution is -1.94. The average Bonchev–Trinajstić information content (AvgIpc) is 2.93. The number of aryl methyl sites for hydroxylation is 2. The first-order chi connectivity index (χ1) is 18.2. The van der Waals surface area contributed by atoms with Gasteiger partial charge in [0.25, 0.3) is 0 Å². The van der Waals surface area contributed by atoms with Crippen LogP contribution in [0.2, 0.25) is 0 Å². The summed E-state index contributed by atoms with van der Waals surface area (Å²) in [6.07, 6.45) is 30.2. The maximum absolute atomic E-state index is 5.68. The zero-order valence-electron chi connectivity index (χ0n) is 24.1. The van der Waals surface area contributed by atoms with Gasteiger partial charge in [-0.3, -0.25) is 0 Å². The Kier molecular flexibility index (Phi) is 18.1. The lowest BCUT2D eigenvalue weighted by atomic mass is 10.0. The zero-order valence-corrected chi connectivity index (χ0v) is 24.9. The minimum Gasteiger partial charge on any atom is -0.0795 e. The highest BCUT2D eigenvalue weighted by Gasteiger charge is 2.00. The highest BCUT2D eigenvalue weighted by molar-refractivity contribution is 7.81. The summed E-state index contributed by atoms with van der Waals surface area (Å²) in [7, 11) is 0. The van der Waals surface area contributed by atoms with Gasteiger partial charge in [-0.05, 0) is 54.0 Å². The molecule has 0 aliphatic heterocycles. The fourth-order valence-corrected chi connectivity index (χ4v) is 5.21. The highest BCUT2D eigenvalue weighted by atomic mass is 32.1. The lowest BCUT2D eigenvalue weighted by molar-refractivity contribution is 0.539. The fourth-order valence-electron chi connectivity index (χ4n) is 5.00. The molecule has 37 heavy (non-hydrogen) atoms. The van der Waals surface area contributed by atoms with Crippen LogP contribution in [0.4, 0.5) is 0 Å². The Hall–Kier alpha value is -1.73. The monoisotopic (exact) mass is 518 g/mol. The van der Waals surface area contributed by atoms with Crippen molar-refractivity contribution in [2.24, 2.45) is 0 Å². The molecule has 204 valence electrons. The Bertz CT molecular complexity index is 843. The van der Waals surface area contributed by atoms with Crippen molar-refractivity contribution in [3.8, 4) is 0 Å². The second kappa shape index (κ2) is 21.2. The third-order valence-electron chi connectivity index (χ3n) is 7.53. The Morgan fingerprint density at radius 2 is 0.892 bits per heavy atom. The number of benzene rings is 2. The van der Waals surface area contributed by atoms with Crippen LogP contribution in [0.5, 0.6) is 0 Å². The summed E-state index contributed by atoms with van der Waals surface area (Å²) in [5.74, 6) is 0. The molecular formula is C36H54S. The summed E-state index contributed by atoms with van der Waals surface area (Å²) >= 11 is 5.68. The average molecular weight is 519 g/mol. The van der Waals surface area contributed by atoms with Gasteiger partial charge < -0.3 is 0 Å². The Labute approximate surface area is 235 Å². The molecule has 0 atom stereocenters. The van der Waals surface area contributed by atoms with Gasteiger partial charge in [-0.1, -0.05) is 177 Å². The van der Waals surface area contributed by atoms with Crippen molar-refractivity contribution < 1.29 is 0 Å². The van der Waals surface area contributed by atoms with E-state index in [0.29, 0.717) is 0 Å². The maximum atomic E-state index is 5.68. The van der Waals surface area contributed by atoms with E-state index < -0.39 is 0 Å². The van der Waals surface area contributed by atoms with E-state index in [1.165, 1.54) is 139 Å². The van der Waals surface area contributed by atoms with Gasteiger partial charge in [0, 0.05) is 4.86 Å². The van der Waals surface area contributed by atoms with Gasteiger partial charge in [0.15, 0.2) is 0 Å². The summed E-state index contributed by atoms with van der Waals surface area (Å²) in [6, 6.07) is 17.9. The van der Waals surface area contributed by atoms with Gasteiger partial charge >= 0.3 is 0 Å². The number of thiocarbonyl (C=S) groups is 1. The largest absolute Gasteiger partial charge is 0.0795 e. The molecule has 1 heteroatoms. The minimum absolute atomic E-state index is 0.913. The van der Waals surface area contributed by atoms with E-state index in [2.05, 4.69) is 74.5 Å². The van der Waals surface area contributed by atoms with Crippen LogP contribution in [0.25, 0.3) is 6.08 Å². The predicted molar refractivity (Wildman–Crippen MR) is 171 cm³/mol. The standard InChI is InChI=1S/C36H54S/c1-3-5-7-9-10-11-12-13-14-15-16-17-19-21-33-26-29-35(30-27-33)36(37)31-28-34-24-22-32(23-25-34)20-18-8-6-4-2/h22-31H,3-21H2,1-2H3. The molecule has 0 saturated carbocycles. The molecule has 0 aromatic heterocycles. The number of rotatable bonds is 22. The van der Waals surface area contributed by atoms with E-state index in [9.17, 15) is 0 Å². The van der Waals surface area contributed by atoms with Gasteiger partial charge in [-0.25, -0.2) is 0 Å². The normalized spacial score (nSPS) is 11.4. The molecule has 0 amide bonds. The second-order valence-corrected chi connectivity index (χ2v) is 11.4. The maximum Gasteiger partial charge on any atom is 0.0449 e. The number of hydrogen-bond donors (Lipinski definition) is 0. The Balaban J connectivity index is 1.56. The van der Waals surface area contributed by atoms with Gasteiger partial charge in [0.2, 0.25) is 0 Å². The SMILES string of the molecule is CCCCCCCCCCCCCCCc1ccc(C(=S)C=Cc2ccc(CCCCCC)cc2)cc1. The summed E-state index contributed by atoms with van der Waals surface area (Å²) in [6.45, 7) is 4.56. The van der Waals surface area contributed by atoms with Crippen molar-refractivity contribution in [1.82, 2.24) is 0 Å². The van der Waals surface area contributed by atoms with Crippen molar-refractivity contribution in [3.05, 3.63) is 76.9 Å². The molecule has 0 fully saturated rings. The lowest BCUT2D eigenvalue weighted by Gasteiger charge is -2.05. The molecule has 0 aliphatic carbocycles. The first kappa shape index (κ1) is 31.5. The van der Waals surface area contributed by atoms with E-state index in [1.807, 2.05) is 0 Å². The van der Waals surface area contributed by atoms with Gasteiger partial charge in [-0.2, -0.15) is 0 Å². The van der Waals surface area contributed by atoms with E-state index in [0.717, 1.165) is 10.4 Å². The second-order valence-electron chi connectivity index (χ2n) is 10.9. The summed E-state index contributed by atoms with van der Waals surface area (Å²) in [5.41, 5.74) is 5.25. The van der Waals surface area contributed by atoms with Crippen molar-refractivity contribution >= 4 is 23.2 Å². The fraction of sp³-hybridized carbons (Fsp3) is 0.583. The number of hydrogen-bond acceptors (Lipinski definition) is 1. The zero-order chi connectivity index (χ0) is 26.4. The van der Waals surface area contributed by atoms with Crippen LogP contribution in [0.3, 0.4) is 0 Å². The molecular weight excluding hydrogens is 464 g/mol. The van der Waals surface area contributed by atoms with Crippen LogP contribution in [0.1, 0.15) is 145 Å². The molecule has 0 heterocycles. The van der Waals surface area contributed by atoms with E-state index in [1.54, 1.807) is 0 Å². The van der Waals surface area contributed by atoms with Crippen LogP contribution in [0.15, 0.2) is 54.6 Å². The molecule has 2 aromatic carbocycles. The van der Waals surface area contributed by atoms with Gasteiger partial charge in [0.1, 0.15) is 0 Å². The summed E-state index contributed by atoms with van der Waals surface area (Å²) in [4.78, 5) is 0.913. The smallest absolute Gasteiger partial charge is 0.0449 e. The first-order valence-electron chi connectivity index (χ1n) is 15.6. The molecule has 0 N–H and O–H groups in total. The van der Waals surface area contributed by atoms with Crippen molar-refractivity contribution in [1.29, 1.82) is 0 Å². The van der Waals surface area contributed by atoms with E-state index in [-0.39, 0.29) is 0 Å².